The van der Waals surface area contributed by atoms with Crippen molar-refractivity contribution in [1.82, 2.24) is 19.2 Å². The number of fused-ring (bicyclic) bond motifs is 1. The van der Waals surface area contributed by atoms with E-state index in [2.05, 4.69) is 10.0 Å². The SMILES string of the molecule is Cl.Cn1c(=O)n(C)c2cc(S(=O)(=O)NCCNC3CCCCCC3)ccc21. The van der Waals surface area contributed by atoms with E-state index in [-0.39, 0.29) is 23.0 Å². The lowest BCUT2D eigenvalue weighted by molar-refractivity contribution is 0.461. The van der Waals surface area contributed by atoms with Crippen molar-refractivity contribution < 1.29 is 8.42 Å². The Morgan fingerprint density at radius 1 is 1.00 bits per heavy atom. The number of halogens is 1. The molecule has 152 valence electrons. The summed E-state index contributed by atoms with van der Waals surface area (Å²) < 4.78 is 30.7. The Morgan fingerprint density at radius 3 is 2.30 bits per heavy atom. The van der Waals surface area contributed by atoms with Crippen molar-refractivity contribution >= 4 is 33.5 Å². The second-order valence-corrected chi connectivity index (χ2v) is 8.86. The van der Waals surface area contributed by atoms with Crippen LogP contribution in [0.2, 0.25) is 0 Å². The van der Waals surface area contributed by atoms with Gasteiger partial charge in [0.15, 0.2) is 0 Å². The van der Waals surface area contributed by atoms with E-state index in [1.165, 1.54) is 47.7 Å². The van der Waals surface area contributed by atoms with Gasteiger partial charge in [0.05, 0.1) is 15.9 Å². The number of benzene rings is 1. The van der Waals surface area contributed by atoms with Crippen LogP contribution in [0.5, 0.6) is 0 Å². The second-order valence-electron chi connectivity index (χ2n) is 7.09. The molecule has 2 aromatic rings. The Balaban J connectivity index is 0.00000261. The molecule has 0 atom stereocenters. The summed E-state index contributed by atoms with van der Waals surface area (Å²) >= 11 is 0. The molecule has 1 aliphatic rings. The van der Waals surface area contributed by atoms with Crippen LogP contribution in [0.4, 0.5) is 0 Å². The summed E-state index contributed by atoms with van der Waals surface area (Å²) in [6, 6.07) is 5.27. The summed E-state index contributed by atoms with van der Waals surface area (Å²) in [5.74, 6) is 0. The Morgan fingerprint density at radius 2 is 1.63 bits per heavy atom. The smallest absolute Gasteiger partial charge is 0.313 e. The highest BCUT2D eigenvalue weighted by atomic mass is 35.5. The predicted octanol–water partition coefficient (Wildman–Crippen LogP) is 1.89. The molecule has 0 bridgehead atoms. The van der Waals surface area contributed by atoms with Crippen molar-refractivity contribution in [3.8, 4) is 0 Å². The Hall–Kier alpha value is -1.35. The van der Waals surface area contributed by atoms with E-state index in [9.17, 15) is 13.2 Å². The Labute approximate surface area is 166 Å². The first-order chi connectivity index (χ1) is 12.4. The molecule has 27 heavy (non-hydrogen) atoms. The summed E-state index contributed by atoms with van der Waals surface area (Å²) in [4.78, 5) is 12.2. The highest BCUT2D eigenvalue weighted by Gasteiger charge is 2.17. The zero-order chi connectivity index (χ0) is 18.7. The van der Waals surface area contributed by atoms with E-state index in [4.69, 9.17) is 0 Å². The minimum Gasteiger partial charge on any atom is -0.313 e. The highest BCUT2D eigenvalue weighted by molar-refractivity contribution is 7.89. The molecule has 1 heterocycles. The van der Waals surface area contributed by atoms with Crippen molar-refractivity contribution in [1.29, 1.82) is 0 Å². The molecule has 1 fully saturated rings. The Kier molecular flexibility index (Phi) is 7.50. The molecule has 2 N–H and O–H groups in total. The average molecular weight is 417 g/mol. The number of nitrogens with zero attached hydrogens (tertiary/aromatic N) is 2. The van der Waals surface area contributed by atoms with Gasteiger partial charge in [-0.05, 0) is 31.0 Å². The molecule has 1 aliphatic carbocycles. The van der Waals surface area contributed by atoms with Crippen LogP contribution < -0.4 is 15.7 Å². The number of sulfonamides is 1. The lowest BCUT2D eigenvalue weighted by Crippen LogP contribution is -2.36. The maximum absolute atomic E-state index is 12.6. The van der Waals surface area contributed by atoms with Crippen LogP contribution in [0.15, 0.2) is 27.9 Å². The number of rotatable bonds is 6. The number of nitrogens with one attached hydrogen (secondary N) is 2. The normalized spacial score (nSPS) is 16.2. The van der Waals surface area contributed by atoms with Gasteiger partial charge in [-0.15, -0.1) is 12.4 Å². The van der Waals surface area contributed by atoms with Crippen LogP contribution in [0.25, 0.3) is 11.0 Å². The van der Waals surface area contributed by atoms with Gasteiger partial charge in [-0.25, -0.2) is 17.9 Å². The monoisotopic (exact) mass is 416 g/mol. The van der Waals surface area contributed by atoms with Gasteiger partial charge in [0.1, 0.15) is 0 Å². The summed E-state index contributed by atoms with van der Waals surface area (Å²) in [6.45, 7) is 0.973. The van der Waals surface area contributed by atoms with E-state index < -0.39 is 10.0 Å². The lowest BCUT2D eigenvalue weighted by Gasteiger charge is -2.16. The third-order valence-corrected chi connectivity index (χ3v) is 6.72. The van der Waals surface area contributed by atoms with E-state index >= 15 is 0 Å². The number of aryl methyl sites for hydroxylation is 2. The number of hydrogen-bond donors (Lipinski definition) is 2. The van der Waals surface area contributed by atoms with Gasteiger partial charge in [-0.1, -0.05) is 25.7 Å². The fraction of sp³-hybridized carbons (Fsp3) is 0.611. The molecule has 9 heteroatoms. The molecule has 1 saturated carbocycles. The van der Waals surface area contributed by atoms with Crippen molar-refractivity contribution in [2.45, 2.75) is 49.5 Å². The zero-order valence-electron chi connectivity index (χ0n) is 15.9. The Bertz CT molecular complexity index is 928. The highest BCUT2D eigenvalue weighted by Crippen LogP contribution is 2.18. The maximum atomic E-state index is 12.6. The van der Waals surface area contributed by atoms with Crippen LogP contribution in [-0.4, -0.2) is 36.7 Å². The quantitative estimate of drug-likeness (QED) is 0.556. The zero-order valence-corrected chi connectivity index (χ0v) is 17.5. The molecule has 1 aromatic heterocycles. The van der Waals surface area contributed by atoms with Gasteiger partial charge in [-0.2, -0.15) is 0 Å². The van der Waals surface area contributed by atoms with Crippen LogP contribution in [0.1, 0.15) is 38.5 Å². The summed E-state index contributed by atoms with van der Waals surface area (Å²) in [7, 11) is -0.276. The first-order valence-electron chi connectivity index (χ1n) is 9.28. The standard InChI is InChI=1S/C18H28N4O3S.ClH/c1-21-16-10-9-15(13-17(16)22(2)18(21)23)26(24,25)20-12-11-19-14-7-5-3-4-6-8-14;/h9-10,13-14,19-20H,3-8,11-12H2,1-2H3;1H. The van der Waals surface area contributed by atoms with Crippen LogP contribution >= 0.6 is 12.4 Å². The van der Waals surface area contributed by atoms with Crippen molar-refractivity contribution in [2.24, 2.45) is 14.1 Å². The number of hydrogen-bond acceptors (Lipinski definition) is 4. The van der Waals surface area contributed by atoms with Gasteiger partial charge < -0.3 is 5.32 Å². The fourth-order valence-corrected chi connectivity index (χ4v) is 4.73. The van der Waals surface area contributed by atoms with Crippen molar-refractivity contribution in [3.63, 3.8) is 0 Å². The third kappa shape index (κ3) is 4.93. The summed E-state index contributed by atoms with van der Waals surface area (Å²) in [6.07, 6.45) is 7.44. The predicted molar refractivity (Wildman–Crippen MR) is 110 cm³/mol. The average Bonchev–Trinajstić information content (AvgIpc) is 2.83. The van der Waals surface area contributed by atoms with Crippen LogP contribution in [-0.2, 0) is 24.1 Å². The fourth-order valence-electron chi connectivity index (χ4n) is 3.68. The molecule has 0 aliphatic heterocycles. The molecule has 7 nitrogen and oxygen atoms in total. The third-order valence-electron chi connectivity index (χ3n) is 5.26. The molecule has 1 aromatic carbocycles. The second kappa shape index (κ2) is 9.23. The molecule has 0 unspecified atom stereocenters. The van der Waals surface area contributed by atoms with E-state index in [0.29, 0.717) is 30.2 Å². The maximum Gasteiger partial charge on any atom is 0.328 e. The number of aromatic nitrogens is 2. The molecular weight excluding hydrogens is 388 g/mol. The molecule has 0 spiro atoms. The van der Waals surface area contributed by atoms with Gasteiger partial charge >= 0.3 is 5.69 Å². The first-order valence-corrected chi connectivity index (χ1v) is 10.8. The minimum atomic E-state index is -3.60. The molecule has 3 rings (SSSR count). The molecule has 0 amide bonds. The van der Waals surface area contributed by atoms with Gasteiger partial charge in [0, 0.05) is 33.2 Å². The molecular formula is C18H29ClN4O3S. The van der Waals surface area contributed by atoms with Crippen molar-refractivity contribution in [2.75, 3.05) is 13.1 Å². The first kappa shape index (κ1) is 21.9. The summed E-state index contributed by atoms with van der Waals surface area (Å²) in [5.41, 5.74) is 1.15. The molecule has 0 radical (unpaired) electrons. The van der Waals surface area contributed by atoms with E-state index in [1.54, 1.807) is 32.3 Å². The minimum absolute atomic E-state index is 0. The van der Waals surface area contributed by atoms with Crippen LogP contribution in [0, 0.1) is 0 Å². The van der Waals surface area contributed by atoms with Gasteiger partial charge in [-0.3, -0.25) is 9.13 Å². The topological polar surface area (TPSA) is 85.1 Å². The van der Waals surface area contributed by atoms with Crippen LogP contribution in [0.3, 0.4) is 0 Å². The van der Waals surface area contributed by atoms with Gasteiger partial charge in [0.2, 0.25) is 10.0 Å². The van der Waals surface area contributed by atoms with Crippen molar-refractivity contribution in [3.05, 3.63) is 28.7 Å². The van der Waals surface area contributed by atoms with Gasteiger partial charge in [0.25, 0.3) is 0 Å². The lowest BCUT2D eigenvalue weighted by atomic mass is 10.1. The number of imidazole rings is 1. The largest absolute Gasteiger partial charge is 0.328 e. The van der Waals surface area contributed by atoms with E-state index in [0.717, 1.165) is 0 Å². The van der Waals surface area contributed by atoms with E-state index in [1.807, 2.05) is 0 Å². The molecule has 0 saturated heterocycles. The summed E-state index contributed by atoms with van der Waals surface area (Å²) in [5, 5.41) is 3.46.